The minimum absolute atomic E-state index is 0. The van der Waals surface area contributed by atoms with E-state index in [4.69, 9.17) is 10.3 Å². The molecule has 0 unspecified atom stereocenters. The van der Waals surface area contributed by atoms with E-state index in [0.717, 1.165) is 12.1 Å². The largest absolute Gasteiger partial charge is 1.00 e. The smallest absolute Gasteiger partial charge is 0.744 e. The van der Waals surface area contributed by atoms with Gasteiger partial charge in [-0.15, -0.1) is 0 Å². The van der Waals surface area contributed by atoms with Crippen LogP contribution in [0.1, 0.15) is 31.8 Å². The van der Waals surface area contributed by atoms with Crippen LogP contribution in [0, 0.1) is 0 Å². The number of hydrogen-bond acceptors (Lipinski definition) is 12. The van der Waals surface area contributed by atoms with Crippen molar-refractivity contribution in [2.24, 2.45) is 0 Å². The zero-order valence-electron chi connectivity index (χ0n) is 20.9. The van der Waals surface area contributed by atoms with Crippen LogP contribution in [0.2, 0.25) is 0 Å². The quantitative estimate of drug-likeness (QED) is 0.0949. The molecule has 4 rings (SSSR count). The molecule has 18 heteroatoms. The third-order valence-corrected chi connectivity index (χ3v) is 8.54. The van der Waals surface area contributed by atoms with E-state index in [0.29, 0.717) is 0 Å². The van der Waals surface area contributed by atoms with E-state index in [1.165, 1.54) is 42.5 Å². The van der Waals surface area contributed by atoms with E-state index in [1.807, 2.05) is 0 Å². The molecule has 0 saturated carbocycles. The van der Waals surface area contributed by atoms with Crippen LogP contribution in [0.4, 0.5) is 17.1 Å². The molecule has 3 aromatic carbocycles. The van der Waals surface area contributed by atoms with Gasteiger partial charge in [-0.05, 0) is 24.3 Å². The zero-order valence-corrected chi connectivity index (χ0v) is 27.4. The number of benzene rings is 3. The third kappa shape index (κ3) is 7.21. The summed E-state index contributed by atoms with van der Waals surface area (Å²) in [5.74, 6) is -2.29. The molecule has 0 amide bonds. The van der Waals surface area contributed by atoms with Gasteiger partial charge in [-0.25, -0.2) is 21.0 Å². The molecule has 40 heavy (non-hydrogen) atoms. The van der Waals surface area contributed by atoms with E-state index < -0.39 is 70.4 Å². The van der Waals surface area contributed by atoms with Crippen LogP contribution in [0.15, 0.2) is 64.4 Å². The molecule has 3 aromatic rings. The van der Waals surface area contributed by atoms with Gasteiger partial charge in [0.15, 0.2) is 21.4 Å². The number of hydrogen-bond donors (Lipinski definition) is 3. The van der Waals surface area contributed by atoms with Gasteiger partial charge in [0.1, 0.15) is 10.1 Å². The van der Waals surface area contributed by atoms with Gasteiger partial charge in [0.05, 0.1) is 44.7 Å². The van der Waals surface area contributed by atoms with Gasteiger partial charge in [0.2, 0.25) is 0 Å². The normalized spacial score (nSPS) is 12.9. The molecular formula is C22H17N2Na2O11S3+. The Kier molecular flexibility index (Phi) is 10.9. The summed E-state index contributed by atoms with van der Waals surface area (Å²) < 4.78 is 95.0. The van der Waals surface area contributed by atoms with Crippen molar-refractivity contribution in [2.75, 3.05) is 23.4 Å². The summed E-state index contributed by atoms with van der Waals surface area (Å²) in [6.45, 7) is -0.870. The van der Waals surface area contributed by atoms with Crippen molar-refractivity contribution in [3.63, 3.8) is 0 Å². The number of carbonyl (C=O) groups excluding carboxylic acids is 2. The molecule has 0 bridgehead atoms. The molecule has 0 radical (unpaired) electrons. The Labute approximate surface area is 273 Å². The topological polar surface area (TPSA) is 227 Å². The monoisotopic (exact) mass is 627 g/mol. The van der Waals surface area contributed by atoms with Crippen molar-refractivity contribution in [3.05, 3.63) is 76.9 Å². The predicted molar refractivity (Wildman–Crippen MR) is 131 cm³/mol. The van der Waals surface area contributed by atoms with Crippen LogP contribution >= 0.6 is 0 Å². The van der Waals surface area contributed by atoms with Crippen LogP contribution < -0.4 is 70.2 Å². The molecule has 0 spiro atoms. The molecule has 4 N–H and O–H groups in total. The van der Waals surface area contributed by atoms with Crippen molar-refractivity contribution < 1.29 is 107 Å². The fourth-order valence-corrected chi connectivity index (χ4v) is 6.05. The maximum absolute atomic E-state index is 13.3. The fraction of sp³-hybridized carbons (Fsp3) is 0.0909. The number of fused-ring (bicyclic) bond motifs is 2. The summed E-state index contributed by atoms with van der Waals surface area (Å²) in [5.41, 5.74) is 4.09. The molecule has 0 saturated heterocycles. The first-order chi connectivity index (χ1) is 17.6. The third-order valence-electron chi connectivity index (χ3n) is 5.53. The van der Waals surface area contributed by atoms with Crippen molar-refractivity contribution in [3.8, 4) is 0 Å². The Hall–Kier alpha value is -1.67. The van der Waals surface area contributed by atoms with E-state index >= 15 is 0 Å². The standard InChI is InChI=1S/C22H18N2O11S3.2Na/c23-20-17(37(29,30)31)11-16(18-19(20)22(26)15-7-2-1-6-14(15)21(18)25)24-12-4-3-5-13(10-12)36(27,28)9-8-35-38(32,33)34;;/h1-7,10-11,24H,8-9,23H2,(H,29,30,31)(H,32,33,34);;/q;2*+1/p-1. The van der Waals surface area contributed by atoms with Gasteiger partial charge in [0, 0.05) is 16.8 Å². The summed E-state index contributed by atoms with van der Waals surface area (Å²) in [7, 11) is -14.2. The molecule has 0 heterocycles. The van der Waals surface area contributed by atoms with Gasteiger partial charge >= 0.3 is 69.5 Å². The number of anilines is 3. The molecule has 0 fully saturated rings. The summed E-state index contributed by atoms with van der Waals surface area (Å²) in [6, 6.07) is 11.4. The number of ketones is 2. The molecular weight excluding hydrogens is 610 g/mol. The first-order valence-corrected chi connectivity index (χ1v) is 14.9. The van der Waals surface area contributed by atoms with Gasteiger partial charge in [0.25, 0.3) is 0 Å². The van der Waals surface area contributed by atoms with Crippen molar-refractivity contribution in [1.29, 1.82) is 0 Å². The van der Waals surface area contributed by atoms with Crippen LogP contribution in [-0.4, -0.2) is 58.3 Å². The number of nitrogens with one attached hydrogen (secondary N) is 1. The predicted octanol–water partition coefficient (Wildman–Crippen LogP) is -4.71. The minimum atomic E-state index is -5.21. The number of rotatable bonds is 8. The van der Waals surface area contributed by atoms with Crippen molar-refractivity contribution in [2.45, 2.75) is 9.79 Å². The second kappa shape index (κ2) is 12.7. The van der Waals surface area contributed by atoms with Crippen LogP contribution in [-0.2, 0) is 34.5 Å². The van der Waals surface area contributed by atoms with E-state index in [1.54, 1.807) is 0 Å². The van der Waals surface area contributed by atoms with E-state index in [9.17, 15) is 39.4 Å². The Morgan fingerprint density at radius 1 is 0.850 bits per heavy atom. The van der Waals surface area contributed by atoms with Crippen LogP contribution in [0.25, 0.3) is 0 Å². The molecule has 0 atom stereocenters. The first kappa shape index (κ1) is 34.5. The Balaban J connectivity index is 0.00000280. The number of nitrogen functional groups attached to an aromatic ring is 1. The Morgan fingerprint density at radius 2 is 1.43 bits per heavy atom. The Morgan fingerprint density at radius 3 is 1.98 bits per heavy atom. The minimum Gasteiger partial charge on any atom is -0.744 e. The summed E-state index contributed by atoms with van der Waals surface area (Å²) >= 11 is 0. The average Bonchev–Trinajstić information content (AvgIpc) is 2.82. The van der Waals surface area contributed by atoms with Crippen molar-refractivity contribution >= 4 is 59.0 Å². The molecule has 13 nitrogen and oxygen atoms in total. The van der Waals surface area contributed by atoms with Gasteiger partial charge < -0.3 is 15.6 Å². The van der Waals surface area contributed by atoms with Gasteiger partial charge in [-0.2, -0.15) is 8.42 Å². The first-order valence-electron chi connectivity index (χ1n) is 10.4. The van der Waals surface area contributed by atoms with Crippen LogP contribution in [0.5, 0.6) is 0 Å². The maximum atomic E-state index is 13.3. The molecule has 0 aromatic heterocycles. The number of carbonyl (C=O) groups is 2. The second-order valence-electron chi connectivity index (χ2n) is 7.97. The van der Waals surface area contributed by atoms with Crippen molar-refractivity contribution in [1.82, 2.24) is 0 Å². The summed E-state index contributed by atoms with van der Waals surface area (Å²) in [5, 5.41) is 2.68. The molecule has 1 aliphatic carbocycles. The number of nitrogens with two attached hydrogens (primary N) is 1. The van der Waals surface area contributed by atoms with Gasteiger partial charge in [-0.1, -0.05) is 30.3 Å². The van der Waals surface area contributed by atoms with Crippen LogP contribution in [0.3, 0.4) is 0 Å². The fourth-order valence-electron chi connectivity index (χ4n) is 3.89. The SMILES string of the molecule is Nc1c(S(=O)(=O)[O-])cc(Nc2cccc(S(=O)(=O)CCOS(=O)(=O)O)c2)c2c1C(=O)c1ccccc1C2=O.[Na+].[Na+]. The maximum Gasteiger partial charge on any atom is 1.00 e. The van der Waals surface area contributed by atoms with E-state index in [2.05, 4.69) is 9.50 Å². The summed E-state index contributed by atoms with van der Waals surface area (Å²) in [6.07, 6.45) is 0. The molecule has 200 valence electrons. The molecule has 0 aliphatic heterocycles. The average molecular weight is 628 g/mol. The zero-order chi connectivity index (χ0) is 28.0. The number of sulfone groups is 1. The Bertz CT molecular complexity index is 1840. The summed E-state index contributed by atoms with van der Waals surface area (Å²) in [4.78, 5) is 25.3. The molecule has 1 aliphatic rings. The second-order valence-corrected chi connectivity index (χ2v) is 12.5. The van der Waals surface area contributed by atoms with Gasteiger partial charge in [-0.3, -0.25) is 14.1 Å². The van der Waals surface area contributed by atoms with E-state index in [-0.39, 0.29) is 92.1 Å².